The van der Waals surface area contributed by atoms with Crippen LogP contribution in [-0.4, -0.2) is 142 Å². The summed E-state index contributed by atoms with van der Waals surface area (Å²) in [5.41, 5.74) is 2.87. The number of sulfone groups is 1. The zero-order valence-electron chi connectivity index (χ0n) is 63.6. The number of anilines is 2. The number of amides is 4. The van der Waals surface area contributed by atoms with Gasteiger partial charge in [0.15, 0.2) is 27.1 Å². The number of hydrogen-bond donors (Lipinski definition) is 1. The monoisotopic (exact) mass is 1740 g/mol. The first-order valence-electron chi connectivity index (χ1n) is 34.5. The number of urea groups is 1. The predicted molar refractivity (Wildman–Crippen MR) is 434 cm³/mol. The number of benzene rings is 9. The molecule has 9 aromatic rings. The van der Waals surface area contributed by atoms with Crippen LogP contribution >= 0.6 is 46.4 Å². The number of barbiturate groups is 1. The summed E-state index contributed by atoms with van der Waals surface area (Å²) in [7, 11) is -7.48. The molecule has 0 aromatic heterocycles. The van der Waals surface area contributed by atoms with E-state index in [4.69, 9.17) is 55.9 Å². The van der Waals surface area contributed by atoms with Crippen molar-refractivity contribution < 1.29 is 110 Å². The number of rotatable bonds is 24. The van der Waals surface area contributed by atoms with E-state index in [0.717, 1.165) is 105 Å². The van der Waals surface area contributed by atoms with E-state index in [1.165, 1.54) is 76.5 Å². The van der Waals surface area contributed by atoms with Crippen molar-refractivity contribution in [3.63, 3.8) is 0 Å². The van der Waals surface area contributed by atoms with Crippen molar-refractivity contribution in [1.82, 2.24) is 9.80 Å². The molecule has 4 amide bonds. The number of carbonyl (C=O) groups is 9. The first-order valence-corrected chi connectivity index (χ1v) is 40.5. The van der Waals surface area contributed by atoms with Gasteiger partial charge in [0.2, 0.25) is 17.1 Å². The molecule has 10 rings (SSSR count). The first kappa shape index (κ1) is 94.1. The molecule has 1 fully saturated rings. The highest BCUT2D eigenvalue weighted by atomic mass is 35.5. The molecular formula is C82H75Cl4F3N4O21S3. The summed E-state index contributed by atoms with van der Waals surface area (Å²) in [4.78, 5) is 102. The van der Waals surface area contributed by atoms with E-state index in [0.29, 0.717) is 23.1 Å². The van der Waals surface area contributed by atoms with E-state index >= 15 is 4.39 Å². The van der Waals surface area contributed by atoms with Crippen molar-refractivity contribution in [1.29, 1.82) is 0 Å². The number of methoxy groups -OCH3 is 3. The first-order chi connectivity index (χ1) is 55.3. The number of imide groups is 2. The van der Waals surface area contributed by atoms with Crippen molar-refractivity contribution in [2.75, 3.05) is 57.1 Å². The largest absolute Gasteiger partial charge is 0.505 e. The molecule has 0 saturated carbocycles. The lowest BCUT2D eigenvalue weighted by Gasteiger charge is -2.26. The number of halogens is 7. The Balaban J connectivity index is 0.000000248. The van der Waals surface area contributed by atoms with Crippen LogP contribution in [0.2, 0.25) is 15.1 Å². The molecule has 1 N–H and O–H groups in total. The summed E-state index contributed by atoms with van der Waals surface area (Å²) in [5.74, 6) is -9.69. The molecule has 0 aliphatic carbocycles. The molecule has 616 valence electrons. The molecule has 0 radical (unpaired) electrons. The van der Waals surface area contributed by atoms with E-state index in [1.54, 1.807) is 61.5 Å². The third-order valence-corrected chi connectivity index (χ3v) is 22.8. The van der Waals surface area contributed by atoms with Gasteiger partial charge >= 0.3 is 35.9 Å². The van der Waals surface area contributed by atoms with Crippen LogP contribution in [0.4, 0.5) is 29.3 Å². The van der Waals surface area contributed by atoms with E-state index in [2.05, 4.69) is 27.4 Å². The second-order valence-corrected chi connectivity index (χ2v) is 31.5. The van der Waals surface area contributed by atoms with Gasteiger partial charge in [-0.1, -0.05) is 177 Å². The number of sulfonamides is 2. The van der Waals surface area contributed by atoms with Crippen LogP contribution in [0, 0.1) is 17.5 Å². The van der Waals surface area contributed by atoms with Gasteiger partial charge in [-0.15, -0.1) is 13.2 Å². The van der Waals surface area contributed by atoms with Gasteiger partial charge in [0.25, 0.3) is 20.0 Å². The molecule has 1 heterocycles. The second-order valence-electron chi connectivity index (χ2n) is 24.2. The average Bonchev–Trinajstić information content (AvgIpc) is 0.762. The molecule has 25 nitrogen and oxygen atoms in total. The van der Waals surface area contributed by atoms with Crippen molar-refractivity contribution in [3.8, 4) is 50.6 Å². The highest BCUT2D eigenvalue weighted by Crippen LogP contribution is 2.42. The third kappa shape index (κ3) is 24.2. The fraction of sp³-hybridized carbons (Fsp3) is 0.183. The van der Waals surface area contributed by atoms with Crippen molar-refractivity contribution in [2.24, 2.45) is 0 Å². The number of hydrogen-bond acceptors (Lipinski definition) is 21. The molecule has 0 atom stereocenters. The van der Waals surface area contributed by atoms with Crippen LogP contribution in [0.5, 0.6) is 17.2 Å². The zero-order chi connectivity index (χ0) is 87.0. The van der Waals surface area contributed by atoms with Gasteiger partial charge in [0.1, 0.15) is 38.6 Å². The Morgan fingerprint density at radius 3 is 1.16 bits per heavy atom. The van der Waals surface area contributed by atoms with Crippen LogP contribution in [-0.2, 0) is 73.8 Å². The summed E-state index contributed by atoms with van der Waals surface area (Å²) in [6.07, 6.45) is 2.66. The van der Waals surface area contributed by atoms with Crippen molar-refractivity contribution in [3.05, 3.63) is 262 Å². The fourth-order valence-corrected chi connectivity index (χ4v) is 15.9. The highest BCUT2D eigenvalue weighted by Gasteiger charge is 2.37. The van der Waals surface area contributed by atoms with E-state index in [9.17, 15) is 82.3 Å². The third-order valence-electron chi connectivity index (χ3n) is 16.4. The van der Waals surface area contributed by atoms with Gasteiger partial charge in [0.05, 0.1) is 83.3 Å². The molecule has 117 heavy (non-hydrogen) atoms. The Morgan fingerprint density at radius 2 is 0.803 bits per heavy atom. The van der Waals surface area contributed by atoms with Crippen molar-refractivity contribution >= 4 is 141 Å². The predicted octanol–water partition coefficient (Wildman–Crippen LogP) is 16.5. The SMILES string of the molecule is C=CCN(c1cc(-c2ccccc2)ccc1F)S(=O)(=O)c1cc(C(=O)OC)cc(Cl)c1O.C=CCN(c1cc(-c2ccccc2)ccc1F)S(=O)(=O)c1cc(C(=O)OC)cc(Cl)c1OC(=O)CC.CCC(=O)Cl.CCC(=O)Oc1c(Cl)cc(C(=O)OC)cc1S(=O)(=O)Cc1cc(-c2ccccc2)ccc1F.CN1C(=O)CC(=O)N(C)C1=O. The average molecular weight is 1750 g/mol. The van der Waals surface area contributed by atoms with E-state index < -0.39 is 133 Å². The van der Waals surface area contributed by atoms with Gasteiger partial charge in [-0.05, 0) is 118 Å². The molecule has 9 aromatic carbocycles. The van der Waals surface area contributed by atoms with Gasteiger partial charge < -0.3 is 28.8 Å². The van der Waals surface area contributed by atoms with Crippen LogP contribution in [0.3, 0.4) is 0 Å². The Hall–Kier alpha value is -11.7. The topological polar surface area (TPSA) is 335 Å². The molecule has 1 aliphatic heterocycles. The summed E-state index contributed by atoms with van der Waals surface area (Å²) < 4.78 is 152. The molecule has 0 unspecified atom stereocenters. The minimum absolute atomic E-state index is 0.0394. The Labute approximate surface area is 692 Å². The van der Waals surface area contributed by atoms with E-state index in [-0.39, 0.29) is 86.3 Å². The maximum absolute atomic E-state index is 15.1. The van der Waals surface area contributed by atoms with Crippen LogP contribution in [0.25, 0.3) is 33.4 Å². The van der Waals surface area contributed by atoms with Gasteiger partial charge in [0, 0.05) is 38.9 Å². The molecule has 1 saturated heterocycles. The normalized spacial score (nSPS) is 11.7. The smallest absolute Gasteiger partial charge is 0.337 e. The minimum atomic E-state index is -4.66. The number of aromatic hydroxyl groups is 1. The van der Waals surface area contributed by atoms with Gasteiger partial charge in [-0.3, -0.25) is 42.4 Å². The number of nitrogens with zero attached hydrogens (tertiary/aromatic N) is 4. The standard InChI is InChI=1S/C26H23ClFNO6S.C24H20ClFO6S.C23H19ClFNO5S.C6H8N2O3.C3H5ClO/c1-4-13-29(22-15-18(11-12-21(22)28)17-9-7-6-8-10-17)36(32,33)23-16-19(26(31)34-3)14-20(27)25(23)35-24(30)5-2;1-3-22(27)32-23-19(25)12-17(24(28)31-2)13-21(23)33(29,30)14-18-11-16(9-10-20(18)26)15-7-5-4-6-8-15;1-3-11-26(20-13-16(9-10-19(20)25)15-7-5-4-6-8-15)32(29,30)21-14-17(23(28)31-2)12-18(24)22(21)27;1-7-4(9)3-5(10)8(2)6(7)11;1-2-3(4)5/h4,6-12,14-16H,1,5,13H2,2-3H3;4-13H,3,14H2,1-2H3;3-10,12-14,27H,1,11H2,2H3;3H2,1-2H3;2H2,1H3. The summed E-state index contributed by atoms with van der Waals surface area (Å²) in [6.45, 7) is 11.3. The number of phenols is 1. The maximum Gasteiger partial charge on any atom is 0.337 e. The lowest BCUT2D eigenvalue weighted by atomic mass is 10.0. The minimum Gasteiger partial charge on any atom is -0.505 e. The second kappa shape index (κ2) is 42.8. The molecule has 35 heteroatoms. The summed E-state index contributed by atoms with van der Waals surface area (Å²) >= 11 is 23.2. The molecular weight excluding hydrogens is 1670 g/mol. The lowest BCUT2D eigenvalue weighted by molar-refractivity contribution is -0.141. The highest BCUT2D eigenvalue weighted by molar-refractivity contribution is 7.93. The number of esters is 5. The van der Waals surface area contributed by atoms with Crippen LogP contribution in [0.15, 0.2) is 222 Å². The zero-order valence-corrected chi connectivity index (χ0v) is 69.1. The quantitative estimate of drug-likeness (QED) is 0.0147. The lowest BCUT2D eigenvalue weighted by Crippen LogP contribution is -2.51. The number of carbonyl (C=O) groups excluding carboxylic acids is 9. The molecule has 0 spiro atoms. The number of phenolic OH excluding ortho intramolecular Hbond substituents is 1. The Morgan fingerprint density at radius 1 is 0.470 bits per heavy atom. The van der Waals surface area contributed by atoms with Crippen LogP contribution in [0.1, 0.15) is 83.1 Å². The summed E-state index contributed by atoms with van der Waals surface area (Å²) in [6, 6.07) is 45.1. The van der Waals surface area contributed by atoms with Crippen molar-refractivity contribution in [2.45, 2.75) is 66.9 Å². The van der Waals surface area contributed by atoms with Gasteiger partial charge in [-0.2, -0.15) is 0 Å². The Bertz CT molecular complexity index is 5600. The van der Waals surface area contributed by atoms with Crippen LogP contribution < -0.4 is 18.1 Å². The molecule has 1 aliphatic rings. The molecule has 0 bridgehead atoms. The summed E-state index contributed by atoms with van der Waals surface area (Å²) in [5, 5.41) is 9.15. The Kier molecular flexibility index (Phi) is 34.4. The van der Waals surface area contributed by atoms with Gasteiger partial charge in [-0.25, -0.2) is 57.6 Å². The maximum atomic E-state index is 15.1. The van der Waals surface area contributed by atoms with E-state index in [1.807, 2.05) is 42.5 Å². The fourth-order valence-electron chi connectivity index (χ4n) is 10.3. The number of ether oxygens (including phenoxy) is 5.